The first-order valence-corrected chi connectivity index (χ1v) is 11.5. The number of carbonyl (C=O) groups is 1. The van der Waals surface area contributed by atoms with E-state index in [0.717, 1.165) is 41.0 Å². The van der Waals surface area contributed by atoms with E-state index in [1.807, 2.05) is 54.1 Å². The van der Waals surface area contributed by atoms with Crippen molar-refractivity contribution in [2.45, 2.75) is 26.7 Å². The summed E-state index contributed by atoms with van der Waals surface area (Å²) in [6, 6.07) is 17.2. The normalized spacial score (nSPS) is 10.6. The largest absolute Gasteiger partial charge is 0.495 e. The van der Waals surface area contributed by atoms with E-state index in [-0.39, 0.29) is 0 Å². The minimum atomic E-state index is -0.529. The molecular weight excluding hydrogens is 442 g/mol. The molecule has 0 saturated carbocycles. The molecule has 4 aromatic rings. The molecule has 0 aliphatic carbocycles. The fraction of sp³-hybridized carbons (Fsp3) is 0.222. The summed E-state index contributed by atoms with van der Waals surface area (Å²) in [4.78, 5) is 21.6. The molecule has 2 aromatic heterocycles. The summed E-state index contributed by atoms with van der Waals surface area (Å²) in [6.45, 7) is 4.13. The third-order valence-electron chi connectivity index (χ3n) is 5.69. The molecule has 4 rings (SSSR count). The molecule has 35 heavy (non-hydrogen) atoms. The smallest absolute Gasteiger partial charge is 0.417 e. The minimum Gasteiger partial charge on any atom is -0.495 e. The number of anilines is 3. The molecule has 2 heterocycles. The monoisotopic (exact) mass is 471 g/mol. The van der Waals surface area contributed by atoms with Gasteiger partial charge in [0.1, 0.15) is 5.75 Å². The first-order valence-electron chi connectivity index (χ1n) is 11.5. The maximum atomic E-state index is 12.7. The number of hydrogen-bond donors (Lipinski definition) is 2. The Morgan fingerprint density at radius 3 is 2.49 bits per heavy atom. The fourth-order valence-electron chi connectivity index (χ4n) is 3.91. The Morgan fingerprint density at radius 1 is 1.03 bits per heavy atom. The van der Waals surface area contributed by atoms with Gasteiger partial charge in [-0.3, -0.25) is 5.32 Å². The van der Waals surface area contributed by atoms with Gasteiger partial charge >= 0.3 is 6.09 Å². The Morgan fingerprint density at radius 2 is 1.77 bits per heavy atom. The van der Waals surface area contributed by atoms with Crippen LogP contribution >= 0.6 is 0 Å². The van der Waals surface area contributed by atoms with Gasteiger partial charge in [0.25, 0.3) is 0 Å². The van der Waals surface area contributed by atoms with E-state index in [2.05, 4.69) is 34.4 Å². The van der Waals surface area contributed by atoms with Crippen molar-refractivity contribution in [2.75, 3.05) is 17.7 Å². The van der Waals surface area contributed by atoms with Crippen molar-refractivity contribution in [1.82, 2.24) is 14.5 Å². The van der Waals surface area contributed by atoms with Crippen LogP contribution in [-0.4, -0.2) is 27.7 Å². The first kappa shape index (κ1) is 23.8. The molecule has 1 amide bonds. The number of amides is 1. The van der Waals surface area contributed by atoms with E-state index >= 15 is 0 Å². The Hall–Kier alpha value is -4.33. The van der Waals surface area contributed by atoms with E-state index in [4.69, 9.17) is 9.47 Å². The second-order valence-electron chi connectivity index (χ2n) is 7.94. The van der Waals surface area contributed by atoms with Crippen LogP contribution in [0.5, 0.6) is 11.5 Å². The van der Waals surface area contributed by atoms with E-state index in [1.165, 1.54) is 0 Å². The third kappa shape index (κ3) is 5.43. The quantitative estimate of drug-likeness (QED) is 0.329. The standard InChI is InChI=1S/C27H29N5O3/c1-5-18-10-9-11-19(6-2)25(18)31-27(33)35-20-16-23(32(3)17-20)21-14-15-28-26(29-21)30-22-12-7-8-13-24(22)34-4/h7-17H,5-6H2,1-4H3,(H,31,33)(H,28,29,30). The lowest BCUT2D eigenvalue weighted by Gasteiger charge is -2.13. The number of hydrogen-bond acceptors (Lipinski definition) is 6. The van der Waals surface area contributed by atoms with Crippen LogP contribution in [0.4, 0.5) is 22.1 Å². The lowest BCUT2D eigenvalue weighted by molar-refractivity contribution is 0.215. The van der Waals surface area contributed by atoms with Gasteiger partial charge in [-0.25, -0.2) is 14.8 Å². The Bertz CT molecular complexity index is 1310. The molecular formula is C27H29N5O3. The van der Waals surface area contributed by atoms with Gasteiger partial charge in [0.2, 0.25) is 5.95 Å². The highest BCUT2D eigenvalue weighted by atomic mass is 16.6. The van der Waals surface area contributed by atoms with Crippen molar-refractivity contribution in [3.05, 3.63) is 78.1 Å². The van der Waals surface area contributed by atoms with Crippen molar-refractivity contribution < 1.29 is 14.3 Å². The van der Waals surface area contributed by atoms with E-state index in [0.29, 0.717) is 23.1 Å². The first-order chi connectivity index (χ1) is 17.0. The van der Waals surface area contributed by atoms with Crippen molar-refractivity contribution >= 4 is 23.4 Å². The predicted octanol–water partition coefficient (Wildman–Crippen LogP) is 5.97. The average Bonchev–Trinajstić information content (AvgIpc) is 3.24. The van der Waals surface area contributed by atoms with Crippen LogP contribution in [0.2, 0.25) is 0 Å². The van der Waals surface area contributed by atoms with Crippen LogP contribution in [0.1, 0.15) is 25.0 Å². The lowest BCUT2D eigenvalue weighted by atomic mass is 10.0. The topological polar surface area (TPSA) is 90.3 Å². The van der Waals surface area contributed by atoms with Crippen LogP contribution < -0.4 is 20.1 Å². The van der Waals surface area contributed by atoms with Gasteiger partial charge in [-0.05, 0) is 42.2 Å². The number of nitrogens with one attached hydrogen (secondary N) is 2. The number of benzene rings is 2. The predicted molar refractivity (Wildman–Crippen MR) is 138 cm³/mol. The summed E-state index contributed by atoms with van der Waals surface area (Å²) >= 11 is 0. The number of para-hydroxylation sites is 3. The molecule has 0 unspecified atom stereocenters. The minimum absolute atomic E-state index is 0.421. The molecule has 0 bridgehead atoms. The van der Waals surface area contributed by atoms with Crippen molar-refractivity contribution in [1.29, 1.82) is 0 Å². The third-order valence-corrected chi connectivity index (χ3v) is 5.69. The van der Waals surface area contributed by atoms with Crippen LogP contribution in [0, 0.1) is 0 Å². The Labute approximate surface area is 205 Å². The second-order valence-corrected chi connectivity index (χ2v) is 7.94. The van der Waals surface area contributed by atoms with Crippen LogP contribution in [0.3, 0.4) is 0 Å². The number of nitrogens with zero attached hydrogens (tertiary/aromatic N) is 3. The van der Waals surface area contributed by atoms with Gasteiger partial charge < -0.3 is 19.4 Å². The highest BCUT2D eigenvalue weighted by molar-refractivity contribution is 5.88. The molecule has 0 saturated heterocycles. The number of aromatic nitrogens is 3. The van der Waals surface area contributed by atoms with Gasteiger partial charge in [0.05, 0.1) is 29.9 Å². The average molecular weight is 472 g/mol. The maximum absolute atomic E-state index is 12.7. The zero-order valence-corrected chi connectivity index (χ0v) is 20.3. The van der Waals surface area contributed by atoms with E-state index in [1.54, 1.807) is 31.6 Å². The summed E-state index contributed by atoms with van der Waals surface area (Å²) in [5.41, 5.74) is 5.19. The second kappa shape index (κ2) is 10.7. The summed E-state index contributed by atoms with van der Waals surface area (Å²) < 4.78 is 12.9. The summed E-state index contributed by atoms with van der Waals surface area (Å²) in [5.74, 6) is 1.54. The molecule has 180 valence electrons. The fourth-order valence-corrected chi connectivity index (χ4v) is 3.91. The van der Waals surface area contributed by atoms with Gasteiger partial charge in [-0.15, -0.1) is 0 Å². The maximum Gasteiger partial charge on any atom is 0.417 e. The van der Waals surface area contributed by atoms with Gasteiger partial charge in [-0.1, -0.05) is 44.2 Å². The summed E-state index contributed by atoms with van der Waals surface area (Å²) in [5, 5.41) is 6.12. The highest BCUT2D eigenvalue weighted by Crippen LogP contribution is 2.29. The zero-order valence-electron chi connectivity index (χ0n) is 20.3. The molecule has 0 fully saturated rings. The number of methoxy groups -OCH3 is 1. The Balaban J connectivity index is 1.51. The van der Waals surface area contributed by atoms with Gasteiger partial charge in [0.15, 0.2) is 5.75 Å². The van der Waals surface area contributed by atoms with Crippen LogP contribution in [0.15, 0.2) is 67.0 Å². The molecule has 8 heteroatoms. The molecule has 2 aromatic carbocycles. The number of carbonyl (C=O) groups excluding carboxylic acids is 1. The van der Waals surface area contributed by atoms with E-state index in [9.17, 15) is 4.79 Å². The number of aryl methyl sites for hydroxylation is 3. The van der Waals surface area contributed by atoms with Gasteiger partial charge in [-0.2, -0.15) is 0 Å². The molecule has 0 aliphatic rings. The molecule has 8 nitrogen and oxygen atoms in total. The number of ether oxygens (including phenoxy) is 2. The van der Waals surface area contributed by atoms with Crippen LogP contribution in [0.25, 0.3) is 11.4 Å². The van der Waals surface area contributed by atoms with Crippen molar-refractivity contribution in [3.63, 3.8) is 0 Å². The zero-order chi connectivity index (χ0) is 24.8. The van der Waals surface area contributed by atoms with Crippen molar-refractivity contribution in [3.8, 4) is 22.9 Å². The molecule has 0 spiro atoms. The lowest BCUT2D eigenvalue weighted by Crippen LogP contribution is -2.18. The SMILES string of the molecule is CCc1cccc(CC)c1NC(=O)Oc1cc(-c2ccnc(Nc3ccccc3OC)n2)n(C)c1. The summed E-state index contributed by atoms with van der Waals surface area (Å²) in [7, 11) is 3.49. The van der Waals surface area contributed by atoms with Crippen LogP contribution in [-0.2, 0) is 19.9 Å². The molecule has 0 atom stereocenters. The number of rotatable bonds is 8. The van der Waals surface area contributed by atoms with E-state index < -0.39 is 6.09 Å². The molecule has 0 radical (unpaired) electrons. The summed E-state index contributed by atoms with van der Waals surface area (Å²) in [6.07, 6.45) is 4.53. The molecule has 0 aliphatic heterocycles. The molecule has 2 N–H and O–H groups in total. The van der Waals surface area contributed by atoms with Gasteiger partial charge in [0, 0.05) is 25.5 Å². The highest BCUT2D eigenvalue weighted by Gasteiger charge is 2.15. The Kier molecular flexibility index (Phi) is 7.30. The van der Waals surface area contributed by atoms with Crippen molar-refractivity contribution in [2.24, 2.45) is 7.05 Å².